The van der Waals surface area contributed by atoms with Crippen molar-refractivity contribution in [3.63, 3.8) is 0 Å². The maximum absolute atomic E-state index is 5.90. The third-order valence-electron chi connectivity index (χ3n) is 4.51. The van der Waals surface area contributed by atoms with E-state index in [1.807, 2.05) is 7.05 Å². The molecule has 3 rings (SSSR count). The van der Waals surface area contributed by atoms with Crippen molar-refractivity contribution >= 4 is 0 Å². The average Bonchev–Trinajstić information content (AvgIpc) is 2.99. The highest BCUT2D eigenvalue weighted by atomic mass is 16.5. The summed E-state index contributed by atoms with van der Waals surface area (Å²) >= 11 is 0. The van der Waals surface area contributed by atoms with Crippen molar-refractivity contribution in [3.8, 4) is 5.75 Å². The number of nitrogens with one attached hydrogen (secondary N) is 1. The number of hydrogen-bond acceptors (Lipinski definition) is 3. The third-order valence-corrected chi connectivity index (χ3v) is 4.51. The quantitative estimate of drug-likeness (QED) is 0.895. The van der Waals surface area contributed by atoms with E-state index in [-0.39, 0.29) is 0 Å². The highest BCUT2D eigenvalue weighted by molar-refractivity contribution is 5.39. The Morgan fingerprint density at radius 2 is 2.25 bits per heavy atom. The molecule has 2 atom stereocenters. The molecule has 0 saturated carbocycles. The molecule has 20 heavy (non-hydrogen) atoms. The summed E-state index contributed by atoms with van der Waals surface area (Å²) in [5.41, 5.74) is 2.90. The minimum atomic E-state index is 0.418. The lowest BCUT2D eigenvalue weighted by molar-refractivity contribution is 0.0903. The lowest BCUT2D eigenvalue weighted by Crippen LogP contribution is -2.21. The minimum Gasteiger partial charge on any atom is -0.493 e. The second kappa shape index (κ2) is 6.59. The number of rotatable bonds is 5. The molecule has 1 saturated heterocycles. The van der Waals surface area contributed by atoms with Gasteiger partial charge in [-0.25, -0.2) is 0 Å². The monoisotopic (exact) mass is 275 g/mol. The molecule has 2 unspecified atom stereocenters. The molecule has 0 radical (unpaired) electrons. The molecule has 1 aliphatic carbocycles. The van der Waals surface area contributed by atoms with E-state index in [2.05, 4.69) is 23.5 Å². The Balaban J connectivity index is 1.57. The Hall–Kier alpha value is -1.06. The molecule has 1 heterocycles. The first-order valence-electron chi connectivity index (χ1n) is 7.91. The lowest BCUT2D eigenvalue weighted by atomic mass is 9.87. The summed E-state index contributed by atoms with van der Waals surface area (Å²) in [6, 6.07) is 7.09. The molecule has 3 heteroatoms. The molecule has 0 amide bonds. The van der Waals surface area contributed by atoms with Crippen LogP contribution >= 0.6 is 0 Å². The highest BCUT2D eigenvalue weighted by Crippen LogP contribution is 2.32. The molecule has 110 valence electrons. The average molecular weight is 275 g/mol. The fourth-order valence-electron chi connectivity index (χ4n) is 3.36. The highest BCUT2D eigenvalue weighted by Gasteiger charge is 2.19. The number of ether oxygens (including phenoxy) is 2. The van der Waals surface area contributed by atoms with E-state index in [9.17, 15) is 0 Å². The smallest absolute Gasteiger partial charge is 0.119 e. The zero-order chi connectivity index (χ0) is 13.8. The van der Waals surface area contributed by atoms with Gasteiger partial charge in [0.15, 0.2) is 0 Å². The molecule has 2 aliphatic rings. The maximum Gasteiger partial charge on any atom is 0.119 e. The van der Waals surface area contributed by atoms with Crippen LogP contribution in [-0.4, -0.2) is 26.4 Å². The van der Waals surface area contributed by atoms with Gasteiger partial charge < -0.3 is 14.8 Å². The summed E-state index contributed by atoms with van der Waals surface area (Å²) in [5, 5.41) is 3.40. The van der Waals surface area contributed by atoms with Crippen molar-refractivity contribution in [3.05, 3.63) is 29.3 Å². The number of aryl methyl sites for hydroxylation is 1. The van der Waals surface area contributed by atoms with Crippen LogP contribution in [0.3, 0.4) is 0 Å². The van der Waals surface area contributed by atoms with Gasteiger partial charge in [-0.2, -0.15) is 0 Å². The molecule has 1 fully saturated rings. The van der Waals surface area contributed by atoms with Crippen LogP contribution in [0.4, 0.5) is 0 Å². The molecular formula is C17H25NO2. The lowest BCUT2D eigenvalue weighted by Gasteiger charge is -2.25. The van der Waals surface area contributed by atoms with E-state index in [4.69, 9.17) is 9.47 Å². The Bertz CT molecular complexity index is 441. The maximum atomic E-state index is 5.90. The molecule has 0 aromatic heterocycles. The molecule has 3 nitrogen and oxygen atoms in total. The van der Waals surface area contributed by atoms with Gasteiger partial charge in [-0.1, -0.05) is 6.07 Å². The largest absolute Gasteiger partial charge is 0.493 e. The van der Waals surface area contributed by atoms with Crippen LogP contribution < -0.4 is 10.1 Å². The van der Waals surface area contributed by atoms with E-state index in [0.29, 0.717) is 12.1 Å². The van der Waals surface area contributed by atoms with Crippen LogP contribution in [-0.2, 0) is 11.2 Å². The normalized spacial score (nSPS) is 25.4. The van der Waals surface area contributed by atoms with Gasteiger partial charge in [-0.15, -0.1) is 0 Å². The van der Waals surface area contributed by atoms with E-state index < -0.39 is 0 Å². The van der Waals surface area contributed by atoms with Gasteiger partial charge in [0.2, 0.25) is 0 Å². The molecule has 1 N–H and O–H groups in total. The number of benzene rings is 1. The molecule has 0 bridgehead atoms. The van der Waals surface area contributed by atoms with Crippen LogP contribution in [0.15, 0.2) is 18.2 Å². The van der Waals surface area contributed by atoms with Crippen molar-refractivity contribution in [1.29, 1.82) is 0 Å². The predicted octanol–water partition coefficient (Wildman–Crippen LogP) is 3.23. The van der Waals surface area contributed by atoms with Crippen LogP contribution in [0.1, 0.15) is 49.3 Å². The molecule has 1 aromatic rings. The second-order valence-corrected chi connectivity index (χ2v) is 5.87. The molecule has 1 aromatic carbocycles. The van der Waals surface area contributed by atoms with Crippen LogP contribution in [0, 0.1) is 0 Å². The zero-order valence-corrected chi connectivity index (χ0v) is 12.4. The van der Waals surface area contributed by atoms with Gasteiger partial charge in [0.1, 0.15) is 5.75 Å². The first-order valence-corrected chi connectivity index (χ1v) is 7.91. The van der Waals surface area contributed by atoms with Crippen LogP contribution in [0.25, 0.3) is 0 Å². The van der Waals surface area contributed by atoms with Gasteiger partial charge in [0.05, 0.1) is 12.7 Å². The predicted molar refractivity (Wildman–Crippen MR) is 80.3 cm³/mol. The van der Waals surface area contributed by atoms with Crippen molar-refractivity contribution in [2.75, 3.05) is 20.3 Å². The van der Waals surface area contributed by atoms with E-state index in [1.165, 1.54) is 43.2 Å². The van der Waals surface area contributed by atoms with Gasteiger partial charge in [0.25, 0.3) is 0 Å². The Morgan fingerprint density at radius 1 is 1.30 bits per heavy atom. The molecule has 1 aliphatic heterocycles. The standard InChI is InChI=1S/C17H25NO2/c1-18-17-6-2-4-13-12-15(7-8-16(13)17)20-11-9-14-5-3-10-19-14/h7-8,12,14,17-18H,2-6,9-11H2,1H3. The molecule has 0 spiro atoms. The summed E-state index contributed by atoms with van der Waals surface area (Å²) in [5.74, 6) is 1.01. The van der Waals surface area contributed by atoms with E-state index >= 15 is 0 Å². The summed E-state index contributed by atoms with van der Waals surface area (Å²) in [6.07, 6.45) is 7.50. The van der Waals surface area contributed by atoms with Crippen molar-refractivity contribution in [2.24, 2.45) is 0 Å². The number of fused-ring (bicyclic) bond motifs is 1. The van der Waals surface area contributed by atoms with E-state index in [1.54, 1.807) is 0 Å². The van der Waals surface area contributed by atoms with Crippen LogP contribution in [0.5, 0.6) is 5.75 Å². The van der Waals surface area contributed by atoms with Gasteiger partial charge in [0, 0.05) is 19.1 Å². The minimum absolute atomic E-state index is 0.418. The Morgan fingerprint density at radius 3 is 3.05 bits per heavy atom. The van der Waals surface area contributed by atoms with Crippen molar-refractivity contribution in [1.82, 2.24) is 5.32 Å². The van der Waals surface area contributed by atoms with Crippen molar-refractivity contribution < 1.29 is 9.47 Å². The Labute approximate surface area is 121 Å². The first kappa shape index (κ1) is 13.9. The van der Waals surface area contributed by atoms with Crippen molar-refractivity contribution in [2.45, 2.75) is 50.7 Å². The third kappa shape index (κ3) is 3.15. The summed E-state index contributed by atoms with van der Waals surface area (Å²) in [4.78, 5) is 0. The topological polar surface area (TPSA) is 30.5 Å². The number of hydrogen-bond donors (Lipinski definition) is 1. The summed E-state index contributed by atoms with van der Waals surface area (Å²) in [7, 11) is 2.05. The van der Waals surface area contributed by atoms with Gasteiger partial charge >= 0.3 is 0 Å². The fraction of sp³-hybridized carbons (Fsp3) is 0.647. The van der Waals surface area contributed by atoms with Gasteiger partial charge in [-0.05, 0) is 62.4 Å². The first-order chi connectivity index (χ1) is 9.86. The zero-order valence-electron chi connectivity index (χ0n) is 12.4. The van der Waals surface area contributed by atoms with Gasteiger partial charge in [-0.3, -0.25) is 0 Å². The summed E-state index contributed by atoms with van der Waals surface area (Å²) in [6.45, 7) is 1.69. The molecular weight excluding hydrogens is 250 g/mol. The van der Waals surface area contributed by atoms with Crippen LogP contribution in [0.2, 0.25) is 0 Å². The Kier molecular flexibility index (Phi) is 4.58. The second-order valence-electron chi connectivity index (χ2n) is 5.87. The summed E-state index contributed by atoms with van der Waals surface area (Å²) < 4.78 is 11.5. The van der Waals surface area contributed by atoms with E-state index in [0.717, 1.165) is 25.4 Å². The fourth-order valence-corrected chi connectivity index (χ4v) is 3.36. The SMILES string of the molecule is CNC1CCCc2cc(OCCC3CCCO3)ccc21.